The lowest BCUT2D eigenvalue weighted by atomic mass is 10.2. The summed E-state index contributed by atoms with van der Waals surface area (Å²) in [5.41, 5.74) is 0.195. The van der Waals surface area contributed by atoms with Gasteiger partial charge in [0.2, 0.25) is 0 Å². The van der Waals surface area contributed by atoms with Crippen molar-refractivity contribution in [3.8, 4) is 0 Å². The SMILES string of the molecule is CC(=O)OCCNC(=O)Nc1ccc(Nc2ccc([N+](=O)[O-])cc2[N+](=O)[O-])cc1. The second-order valence-electron chi connectivity index (χ2n) is 5.64. The molecular formula is C17H17N5O7. The van der Waals surface area contributed by atoms with Crippen molar-refractivity contribution in [3.05, 3.63) is 62.7 Å². The van der Waals surface area contributed by atoms with Crippen LogP contribution in [0, 0.1) is 20.2 Å². The Balaban J connectivity index is 1.99. The third-order valence-electron chi connectivity index (χ3n) is 3.50. The van der Waals surface area contributed by atoms with Crippen LogP contribution < -0.4 is 16.0 Å². The van der Waals surface area contributed by atoms with Crippen LogP contribution in [-0.2, 0) is 9.53 Å². The van der Waals surface area contributed by atoms with Gasteiger partial charge in [-0.1, -0.05) is 0 Å². The molecule has 2 aromatic carbocycles. The van der Waals surface area contributed by atoms with Crippen molar-refractivity contribution in [2.24, 2.45) is 0 Å². The van der Waals surface area contributed by atoms with Gasteiger partial charge in [0, 0.05) is 24.4 Å². The molecule has 2 amide bonds. The molecule has 0 aromatic heterocycles. The highest BCUT2D eigenvalue weighted by Gasteiger charge is 2.19. The molecule has 0 atom stereocenters. The molecule has 0 aliphatic carbocycles. The number of ether oxygens (including phenoxy) is 1. The molecule has 0 saturated carbocycles. The number of benzene rings is 2. The molecule has 152 valence electrons. The molecule has 0 saturated heterocycles. The number of nitrogens with one attached hydrogen (secondary N) is 3. The van der Waals surface area contributed by atoms with Gasteiger partial charge in [0.15, 0.2) is 0 Å². The van der Waals surface area contributed by atoms with Crippen LogP contribution >= 0.6 is 0 Å². The number of nitro groups is 2. The van der Waals surface area contributed by atoms with Crippen molar-refractivity contribution >= 4 is 40.4 Å². The molecule has 0 bridgehead atoms. The normalized spacial score (nSPS) is 9.97. The topological polar surface area (TPSA) is 166 Å². The lowest BCUT2D eigenvalue weighted by molar-refractivity contribution is -0.393. The van der Waals surface area contributed by atoms with Crippen LogP contribution in [0.15, 0.2) is 42.5 Å². The third-order valence-corrected chi connectivity index (χ3v) is 3.50. The molecule has 0 aliphatic rings. The number of anilines is 3. The number of hydrogen-bond donors (Lipinski definition) is 3. The molecule has 0 spiro atoms. The first-order chi connectivity index (χ1) is 13.8. The quantitative estimate of drug-likeness (QED) is 0.262. The fourth-order valence-electron chi connectivity index (χ4n) is 2.22. The molecule has 0 unspecified atom stereocenters. The van der Waals surface area contributed by atoms with Gasteiger partial charge in [0.05, 0.1) is 22.5 Å². The molecular weight excluding hydrogens is 386 g/mol. The van der Waals surface area contributed by atoms with Crippen molar-refractivity contribution < 1.29 is 24.2 Å². The summed E-state index contributed by atoms with van der Waals surface area (Å²) in [6.45, 7) is 1.47. The van der Waals surface area contributed by atoms with E-state index in [1.807, 2.05) is 0 Å². The predicted molar refractivity (Wildman–Crippen MR) is 103 cm³/mol. The van der Waals surface area contributed by atoms with E-state index in [9.17, 15) is 29.8 Å². The number of hydrogen-bond acceptors (Lipinski definition) is 8. The van der Waals surface area contributed by atoms with E-state index in [1.54, 1.807) is 24.3 Å². The minimum atomic E-state index is -0.717. The zero-order chi connectivity index (χ0) is 21.4. The molecule has 2 aromatic rings. The van der Waals surface area contributed by atoms with Crippen LogP contribution in [0.3, 0.4) is 0 Å². The van der Waals surface area contributed by atoms with Gasteiger partial charge in [-0.05, 0) is 30.3 Å². The average molecular weight is 403 g/mol. The zero-order valence-corrected chi connectivity index (χ0v) is 15.2. The summed E-state index contributed by atoms with van der Waals surface area (Å²) in [7, 11) is 0. The lowest BCUT2D eigenvalue weighted by Crippen LogP contribution is -2.31. The first-order valence-corrected chi connectivity index (χ1v) is 8.24. The van der Waals surface area contributed by atoms with Crippen molar-refractivity contribution in [2.45, 2.75) is 6.92 Å². The summed E-state index contributed by atoms with van der Waals surface area (Å²) >= 11 is 0. The number of amides is 2. The number of nitro benzene ring substituents is 2. The average Bonchev–Trinajstić information content (AvgIpc) is 2.66. The van der Waals surface area contributed by atoms with Crippen LogP contribution in [0.1, 0.15) is 6.92 Å². The number of nitrogens with zero attached hydrogens (tertiary/aromatic N) is 2. The molecule has 12 heteroatoms. The summed E-state index contributed by atoms with van der Waals surface area (Å²) in [6, 6.07) is 9.04. The van der Waals surface area contributed by atoms with E-state index < -0.39 is 27.5 Å². The third kappa shape index (κ3) is 6.46. The standard InChI is InChI=1S/C17H17N5O7/c1-11(23)29-9-8-18-17(24)20-13-4-2-12(3-5-13)19-15-7-6-14(21(25)26)10-16(15)22(27)28/h2-7,10,19H,8-9H2,1H3,(H2,18,20,24). The van der Waals surface area contributed by atoms with Crippen LogP contribution in [-0.4, -0.2) is 35.0 Å². The smallest absolute Gasteiger partial charge is 0.319 e. The van der Waals surface area contributed by atoms with E-state index in [0.717, 1.165) is 12.1 Å². The van der Waals surface area contributed by atoms with Gasteiger partial charge in [0.1, 0.15) is 12.3 Å². The second kappa shape index (κ2) is 9.64. The van der Waals surface area contributed by atoms with Crippen molar-refractivity contribution in [1.82, 2.24) is 5.32 Å². The van der Waals surface area contributed by atoms with Crippen molar-refractivity contribution in [1.29, 1.82) is 0 Å². The van der Waals surface area contributed by atoms with Crippen molar-refractivity contribution in [2.75, 3.05) is 23.8 Å². The zero-order valence-electron chi connectivity index (χ0n) is 15.2. The van der Waals surface area contributed by atoms with E-state index in [1.165, 1.54) is 13.0 Å². The Morgan fingerprint density at radius 3 is 2.24 bits per heavy atom. The van der Waals surface area contributed by atoms with Crippen LogP contribution in [0.2, 0.25) is 0 Å². The first-order valence-electron chi connectivity index (χ1n) is 8.24. The fraction of sp³-hybridized carbons (Fsp3) is 0.176. The highest BCUT2D eigenvalue weighted by Crippen LogP contribution is 2.31. The Hall–Kier alpha value is -4.22. The van der Waals surface area contributed by atoms with Crippen LogP contribution in [0.25, 0.3) is 0 Å². The minimum Gasteiger partial charge on any atom is -0.464 e. The van der Waals surface area contributed by atoms with Crippen molar-refractivity contribution in [3.63, 3.8) is 0 Å². The summed E-state index contributed by atoms with van der Waals surface area (Å²) in [6.07, 6.45) is 0. The molecule has 0 radical (unpaired) electrons. The Morgan fingerprint density at radius 1 is 1.00 bits per heavy atom. The molecule has 0 aliphatic heterocycles. The van der Waals surface area contributed by atoms with E-state index in [2.05, 4.69) is 20.7 Å². The summed E-state index contributed by atoms with van der Waals surface area (Å²) in [4.78, 5) is 42.9. The molecule has 29 heavy (non-hydrogen) atoms. The molecule has 12 nitrogen and oxygen atoms in total. The van der Waals surface area contributed by atoms with Gasteiger partial charge < -0.3 is 20.7 Å². The highest BCUT2D eigenvalue weighted by atomic mass is 16.6. The Kier molecular flexibility index (Phi) is 7.01. The Morgan fingerprint density at radius 2 is 1.66 bits per heavy atom. The number of carbonyl (C=O) groups is 2. The van der Waals surface area contributed by atoms with Crippen LogP contribution in [0.5, 0.6) is 0 Å². The number of carbonyl (C=O) groups excluding carboxylic acids is 2. The highest BCUT2D eigenvalue weighted by molar-refractivity contribution is 5.89. The minimum absolute atomic E-state index is 0.0552. The number of urea groups is 1. The van der Waals surface area contributed by atoms with Gasteiger partial charge in [-0.2, -0.15) is 0 Å². The number of esters is 1. The summed E-state index contributed by atoms with van der Waals surface area (Å²) in [5, 5.41) is 29.8. The largest absolute Gasteiger partial charge is 0.464 e. The van der Waals surface area contributed by atoms with Gasteiger partial charge in [-0.25, -0.2) is 4.79 Å². The van der Waals surface area contributed by atoms with Crippen LogP contribution in [0.4, 0.5) is 33.2 Å². The van der Waals surface area contributed by atoms with E-state index in [0.29, 0.717) is 11.4 Å². The summed E-state index contributed by atoms with van der Waals surface area (Å²) in [5.74, 6) is -0.441. The summed E-state index contributed by atoms with van der Waals surface area (Å²) < 4.78 is 4.69. The number of rotatable bonds is 8. The van der Waals surface area contributed by atoms with Gasteiger partial charge in [-0.15, -0.1) is 0 Å². The molecule has 0 heterocycles. The Bertz CT molecular complexity index is 930. The fourth-order valence-corrected chi connectivity index (χ4v) is 2.22. The van der Waals surface area contributed by atoms with E-state index in [-0.39, 0.29) is 24.5 Å². The Labute approximate surface area is 164 Å². The molecule has 2 rings (SSSR count). The lowest BCUT2D eigenvalue weighted by Gasteiger charge is -2.10. The number of non-ortho nitro benzene ring substituents is 1. The monoisotopic (exact) mass is 403 g/mol. The first kappa shape index (κ1) is 21.1. The maximum absolute atomic E-state index is 11.7. The van der Waals surface area contributed by atoms with E-state index in [4.69, 9.17) is 0 Å². The maximum atomic E-state index is 11.7. The molecule has 3 N–H and O–H groups in total. The van der Waals surface area contributed by atoms with Gasteiger partial charge >= 0.3 is 12.0 Å². The van der Waals surface area contributed by atoms with Gasteiger partial charge in [-0.3, -0.25) is 25.0 Å². The molecule has 0 fully saturated rings. The predicted octanol–water partition coefficient (Wildman–Crippen LogP) is 2.93. The second-order valence-corrected chi connectivity index (χ2v) is 5.64. The van der Waals surface area contributed by atoms with E-state index >= 15 is 0 Å². The van der Waals surface area contributed by atoms with Gasteiger partial charge in [0.25, 0.3) is 11.4 Å². The maximum Gasteiger partial charge on any atom is 0.319 e.